The van der Waals surface area contributed by atoms with Crippen LogP contribution in [0.15, 0.2) is 17.0 Å². The highest BCUT2D eigenvalue weighted by molar-refractivity contribution is 5.83. The molecule has 0 atom stereocenters. The van der Waals surface area contributed by atoms with Crippen LogP contribution in [0.1, 0.15) is 6.92 Å². The van der Waals surface area contributed by atoms with Gasteiger partial charge in [0.2, 0.25) is 0 Å². The summed E-state index contributed by atoms with van der Waals surface area (Å²) in [6.45, 7) is 1.60. The van der Waals surface area contributed by atoms with Gasteiger partial charge in [-0.1, -0.05) is 0 Å². The zero-order chi connectivity index (χ0) is 5.98. The lowest BCUT2D eigenvalue weighted by atomic mass is 10.5. The predicted octanol–water partition coefficient (Wildman–Crippen LogP) is -0.474. The smallest absolute Gasteiger partial charge is 0.156 e. The minimum atomic E-state index is -0.422. The normalized spacial score (nSPS) is 17.6. The molecule has 0 bridgehead atoms. The largest absolute Gasteiger partial charge is 0.856 e. The quantitative estimate of drug-likeness (QED) is 0.400. The van der Waals surface area contributed by atoms with Gasteiger partial charge < -0.3 is 5.11 Å². The Balaban J connectivity index is 2.69. The highest BCUT2D eigenvalue weighted by atomic mass is 17.3. The Hall–Kier alpha value is -1.19. The molecule has 4 heteroatoms. The van der Waals surface area contributed by atoms with E-state index in [0.29, 0.717) is 5.76 Å². The fourth-order valence-electron chi connectivity index (χ4n) is 0.338. The molecule has 4 nitrogen and oxygen atoms in total. The second kappa shape index (κ2) is 1.73. The van der Waals surface area contributed by atoms with E-state index in [2.05, 4.69) is 15.0 Å². The minimum absolute atomic E-state index is 0.421. The van der Waals surface area contributed by atoms with E-state index >= 15 is 0 Å². The van der Waals surface area contributed by atoms with Gasteiger partial charge in [0.05, 0.1) is 0 Å². The lowest BCUT2D eigenvalue weighted by molar-refractivity contribution is -0.288. The van der Waals surface area contributed by atoms with E-state index in [0.717, 1.165) is 0 Å². The third kappa shape index (κ3) is 0.900. The SMILES string of the molecule is CC1=CC([O-])=NOO1. The topological polar surface area (TPSA) is 53.9 Å². The van der Waals surface area contributed by atoms with E-state index in [9.17, 15) is 5.11 Å². The fraction of sp³-hybridized carbons (Fsp3) is 0.250. The van der Waals surface area contributed by atoms with Crippen LogP contribution in [-0.2, 0) is 9.88 Å². The highest BCUT2D eigenvalue weighted by Crippen LogP contribution is 2.00. The summed E-state index contributed by atoms with van der Waals surface area (Å²) in [6.07, 6.45) is 1.24. The molecule has 1 aliphatic rings. The van der Waals surface area contributed by atoms with Gasteiger partial charge in [-0.2, -0.15) is 4.99 Å². The maximum Gasteiger partial charge on any atom is 0.156 e. The van der Waals surface area contributed by atoms with Gasteiger partial charge in [-0.25, -0.2) is 0 Å². The molecule has 0 amide bonds. The van der Waals surface area contributed by atoms with Gasteiger partial charge in [-0.15, -0.1) is 0 Å². The molecular formula is C4H4NO3-. The first-order valence-corrected chi connectivity index (χ1v) is 2.06. The monoisotopic (exact) mass is 114 g/mol. The highest BCUT2D eigenvalue weighted by Gasteiger charge is 1.94. The van der Waals surface area contributed by atoms with Crippen LogP contribution in [0.5, 0.6) is 0 Å². The lowest BCUT2D eigenvalue weighted by Crippen LogP contribution is -2.18. The van der Waals surface area contributed by atoms with Gasteiger partial charge in [0.15, 0.2) is 5.76 Å². The van der Waals surface area contributed by atoms with Crippen molar-refractivity contribution < 1.29 is 15.0 Å². The summed E-state index contributed by atoms with van der Waals surface area (Å²) in [5.41, 5.74) is 0. The van der Waals surface area contributed by atoms with Crippen LogP contribution >= 0.6 is 0 Å². The molecule has 0 saturated carbocycles. The molecule has 0 aliphatic carbocycles. The lowest BCUT2D eigenvalue weighted by Gasteiger charge is -2.09. The van der Waals surface area contributed by atoms with E-state index in [-0.39, 0.29) is 0 Å². The molecule has 0 aromatic rings. The van der Waals surface area contributed by atoms with Crippen LogP contribution in [0.4, 0.5) is 0 Å². The second-order valence-corrected chi connectivity index (χ2v) is 1.34. The van der Waals surface area contributed by atoms with Gasteiger partial charge in [0, 0.05) is 5.90 Å². The van der Waals surface area contributed by atoms with Crippen molar-refractivity contribution >= 4 is 5.90 Å². The molecule has 0 radical (unpaired) electrons. The molecule has 0 N–H and O–H groups in total. The number of oxime groups is 1. The molecule has 1 aliphatic heterocycles. The number of hydrogen-bond acceptors (Lipinski definition) is 4. The standard InChI is InChI=1S/C4H5NO3/c1-3-2-4(6)5-8-7-3/h2H,1H3,(H,5,6)/p-1. The van der Waals surface area contributed by atoms with Crippen molar-refractivity contribution in [2.45, 2.75) is 6.92 Å². The summed E-state index contributed by atoms with van der Waals surface area (Å²) >= 11 is 0. The molecule has 0 spiro atoms. The number of nitrogens with zero attached hydrogens (tertiary/aromatic N) is 1. The van der Waals surface area contributed by atoms with Crippen LogP contribution in [-0.4, -0.2) is 5.90 Å². The fourth-order valence-corrected chi connectivity index (χ4v) is 0.338. The van der Waals surface area contributed by atoms with E-state index in [4.69, 9.17) is 0 Å². The Morgan fingerprint density at radius 2 is 2.50 bits per heavy atom. The van der Waals surface area contributed by atoms with E-state index in [1.807, 2.05) is 0 Å². The van der Waals surface area contributed by atoms with Crippen molar-refractivity contribution in [3.05, 3.63) is 11.8 Å². The van der Waals surface area contributed by atoms with Crippen LogP contribution in [0.3, 0.4) is 0 Å². The third-order valence-electron chi connectivity index (χ3n) is 0.623. The Bertz CT molecular complexity index is 149. The van der Waals surface area contributed by atoms with Crippen molar-refractivity contribution in [1.82, 2.24) is 0 Å². The molecule has 8 heavy (non-hydrogen) atoms. The molecular weight excluding hydrogens is 110 g/mol. The summed E-state index contributed by atoms with van der Waals surface area (Å²) < 4.78 is 0. The first-order valence-electron chi connectivity index (χ1n) is 2.06. The Morgan fingerprint density at radius 3 is 2.88 bits per heavy atom. The molecule has 0 aromatic carbocycles. The van der Waals surface area contributed by atoms with Crippen molar-refractivity contribution in [1.29, 1.82) is 0 Å². The molecule has 44 valence electrons. The zero-order valence-corrected chi connectivity index (χ0v) is 4.25. The molecule has 0 unspecified atom stereocenters. The average molecular weight is 114 g/mol. The van der Waals surface area contributed by atoms with E-state index in [1.54, 1.807) is 6.92 Å². The van der Waals surface area contributed by atoms with Gasteiger partial charge >= 0.3 is 0 Å². The third-order valence-corrected chi connectivity index (χ3v) is 0.623. The maximum absolute atomic E-state index is 10.2. The summed E-state index contributed by atoms with van der Waals surface area (Å²) in [6, 6.07) is 0. The molecule has 1 heterocycles. The average Bonchev–Trinajstić information content (AvgIpc) is 1.64. The van der Waals surface area contributed by atoms with E-state index in [1.165, 1.54) is 6.08 Å². The second-order valence-electron chi connectivity index (χ2n) is 1.34. The van der Waals surface area contributed by atoms with Gasteiger partial charge in [-0.05, 0) is 18.2 Å². The number of rotatable bonds is 0. The van der Waals surface area contributed by atoms with Gasteiger partial charge in [0.25, 0.3) is 0 Å². The Morgan fingerprint density at radius 1 is 1.75 bits per heavy atom. The summed E-state index contributed by atoms with van der Waals surface area (Å²) in [5, 5.41) is 13.2. The number of allylic oxidation sites excluding steroid dienone is 1. The summed E-state index contributed by atoms with van der Waals surface area (Å²) in [4.78, 5) is 8.32. The maximum atomic E-state index is 10.2. The summed E-state index contributed by atoms with van der Waals surface area (Å²) in [5.74, 6) is -0.00116. The Labute approximate surface area is 45.9 Å². The van der Waals surface area contributed by atoms with Gasteiger partial charge in [-0.3, -0.25) is 4.89 Å². The molecule has 1 rings (SSSR count). The molecule has 0 fully saturated rings. The van der Waals surface area contributed by atoms with Crippen molar-refractivity contribution in [2.75, 3.05) is 0 Å². The van der Waals surface area contributed by atoms with Crippen molar-refractivity contribution in [2.24, 2.45) is 5.16 Å². The predicted molar refractivity (Wildman–Crippen MR) is 23.4 cm³/mol. The van der Waals surface area contributed by atoms with Crippen LogP contribution in [0, 0.1) is 0 Å². The first kappa shape index (κ1) is 4.96. The number of hydrogen-bond donors (Lipinski definition) is 0. The molecule has 0 saturated heterocycles. The van der Waals surface area contributed by atoms with Crippen molar-refractivity contribution in [3.8, 4) is 0 Å². The van der Waals surface area contributed by atoms with Gasteiger partial charge in [0.1, 0.15) is 0 Å². The zero-order valence-electron chi connectivity index (χ0n) is 4.25. The van der Waals surface area contributed by atoms with Crippen LogP contribution < -0.4 is 5.11 Å². The van der Waals surface area contributed by atoms with E-state index < -0.39 is 5.90 Å². The summed E-state index contributed by atoms with van der Waals surface area (Å²) in [7, 11) is 0. The first-order chi connectivity index (χ1) is 3.79. The van der Waals surface area contributed by atoms with Crippen LogP contribution in [0.2, 0.25) is 0 Å². The minimum Gasteiger partial charge on any atom is -0.856 e. The Kier molecular flexibility index (Phi) is 1.07. The van der Waals surface area contributed by atoms with Crippen LogP contribution in [0.25, 0.3) is 0 Å². The van der Waals surface area contributed by atoms with Crippen molar-refractivity contribution in [3.63, 3.8) is 0 Å². The molecule has 0 aromatic heterocycles.